The molecule has 2 saturated carbocycles. The number of rotatable bonds is 15. The number of hydrogen-bond acceptors (Lipinski definition) is 8. The predicted molar refractivity (Wildman–Crippen MR) is 139 cm³/mol. The van der Waals surface area contributed by atoms with Crippen LogP contribution in [0, 0.1) is 17.8 Å². The molecule has 8 heteroatoms. The van der Waals surface area contributed by atoms with E-state index in [0.717, 1.165) is 64.4 Å². The van der Waals surface area contributed by atoms with Gasteiger partial charge < -0.3 is 28.8 Å². The maximum atomic E-state index is 11.7. The summed E-state index contributed by atoms with van der Waals surface area (Å²) in [4.78, 5) is 23.0. The van der Waals surface area contributed by atoms with Crippen molar-refractivity contribution in [2.75, 3.05) is 33.5 Å². The van der Waals surface area contributed by atoms with E-state index in [0.29, 0.717) is 31.5 Å². The van der Waals surface area contributed by atoms with Crippen LogP contribution in [0.25, 0.3) is 0 Å². The van der Waals surface area contributed by atoms with Crippen molar-refractivity contribution in [2.24, 2.45) is 17.8 Å². The Bertz CT molecular complexity index is 757. The number of fused-ring (bicyclic) bond motifs is 1. The molecular weight excluding hydrogens is 476 g/mol. The molecule has 0 aromatic rings. The third-order valence-electron chi connectivity index (χ3n) is 7.62. The van der Waals surface area contributed by atoms with Gasteiger partial charge in [0.25, 0.3) is 0 Å². The second kappa shape index (κ2) is 16.3. The molecule has 0 aromatic carbocycles. The molecule has 1 saturated heterocycles. The lowest BCUT2D eigenvalue weighted by Crippen LogP contribution is -2.23. The van der Waals surface area contributed by atoms with E-state index in [2.05, 4.69) is 6.08 Å². The molecule has 3 aliphatic rings. The zero-order valence-electron chi connectivity index (χ0n) is 22.6. The Morgan fingerprint density at radius 2 is 2.00 bits per heavy atom. The maximum absolute atomic E-state index is 11.7. The molecule has 0 radical (unpaired) electrons. The molecule has 0 bridgehead atoms. The molecule has 3 fully saturated rings. The van der Waals surface area contributed by atoms with Gasteiger partial charge in [-0.05, 0) is 76.0 Å². The summed E-state index contributed by atoms with van der Waals surface area (Å²) in [5, 5.41) is 10.4. The van der Waals surface area contributed by atoms with E-state index < -0.39 is 6.10 Å². The summed E-state index contributed by atoms with van der Waals surface area (Å²) in [5.74, 6) is 0.528. The smallest absolute Gasteiger partial charge is 0.305 e. The Morgan fingerprint density at radius 3 is 2.76 bits per heavy atom. The Hall–Kier alpha value is -1.74. The third kappa shape index (κ3) is 10.5. The molecule has 8 nitrogen and oxygen atoms in total. The Kier molecular flexibility index (Phi) is 13.1. The fourth-order valence-corrected chi connectivity index (χ4v) is 5.79. The van der Waals surface area contributed by atoms with Gasteiger partial charge in [0.05, 0.1) is 19.8 Å². The van der Waals surface area contributed by atoms with Crippen molar-refractivity contribution in [1.82, 2.24) is 0 Å². The molecule has 37 heavy (non-hydrogen) atoms. The fraction of sp³-hybridized carbons (Fsp3) is 0.793. The number of ether oxygens (including phenoxy) is 5. The molecule has 6 atom stereocenters. The average molecular weight is 523 g/mol. The summed E-state index contributed by atoms with van der Waals surface area (Å²) >= 11 is 0. The first-order chi connectivity index (χ1) is 18.0. The first-order valence-corrected chi connectivity index (χ1v) is 14.1. The van der Waals surface area contributed by atoms with Gasteiger partial charge in [0, 0.05) is 39.1 Å². The van der Waals surface area contributed by atoms with Gasteiger partial charge in [-0.25, -0.2) is 0 Å². The molecule has 3 rings (SSSR count). The van der Waals surface area contributed by atoms with Crippen molar-refractivity contribution in [3.8, 4) is 0 Å². The zero-order chi connectivity index (χ0) is 26.5. The minimum Gasteiger partial charge on any atom is -0.469 e. The topological polar surface area (TPSA) is 101 Å². The normalized spacial score (nSPS) is 29.5. The number of carbonyl (C=O) groups is 2. The summed E-state index contributed by atoms with van der Waals surface area (Å²) in [5.41, 5.74) is 1.42. The van der Waals surface area contributed by atoms with Gasteiger partial charge >= 0.3 is 11.9 Å². The van der Waals surface area contributed by atoms with E-state index in [9.17, 15) is 14.7 Å². The van der Waals surface area contributed by atoms with Gasteiger partial charge in [-0.3, -0.25) is 9.59 Å². The second-order valence-corrected chi connectivity index (χ2v) is 10.5. The Balaban J connectivity index is 1.37. The van der Waals surface area contributed by atoms with Crippen molar-refractivity contribution in [3.63, 3.8) is 0 Å². The van der Waals surface area contributed by atoms with Crippen LogP contribution in [0.15, 0.2) is 23.8 Å². The predicted octanol–water partition coefficient (Wildman–Crippen LogP) is 4.49. The lowest BCUT2D eigenvalue weighted by Gasteiger charge is -2.22. The molecular formula is C29H46O8. The van der Waals surface area contributed by atoms with Crippen LogP contribution < -0.4 is 0 Å². The van der Waals surface area contributed by atoms with E-state index in [1.165, 1.54) is 26.0 Å². The van der Waals surface area contributed by atoms with Crippen molar-refractivity contribution in [1.29, 1.82) is 0 Å². The lowest BCUT2D eigenvalue weighted by atomic mass is 9.90. The summed E-state index contributed by atoms with van der Waals surface area (Å²) in [6.07, 6.45) is 15.2. The highest BCUT2D eigenvalue weighted by Crippen LogP contribution is 2.51. The van der Waals surface area contributed by atoms with Gasteiger partial charge in [-0.1, -0.05) is 23.8 Å². The van der Waals surface area contributed by atoms with Gasteiger partial charge in [0.15, 0.2) is 6.29 Å². The van der Waals surface area contributed by atoms with Crippen LogP contribution in [0.4, 0.5) is 0 Å². The van der Waals surface area contributed by atoms with Crippen LogP contribution in [0.5, 0.6) is 0 Å². The maximum Gasteiger partial charge on any atom is 0.305 e. The molecule has 0 spiro atoms. The number of carbonyl (C=O) groups excluding carboxylic acids is 2. The van der Waals surface area contributed by atoms with E-state index in [1.807, 2.05) is 6.08 Å². The van der Waals surface area contributed by atoms with E-state index >= 15 is 0 Å². The highest BCUT2D eigenvalue weighted by molar-refractivity contribution is 5.69. The number of aliphatic hydroxyl groups is 1. The number of allylic oxidation sites excluding steroid dienone is 2. The van der Waals surface area contributed by atoms with Crippen LogP contribution in [0.2, 0.25) is 0 Å². The molecule has 2 unspecified atom stereocenters. The van der Waals surface area contributed by atoms with Crippen LogP contribution >= 0.6 is 0 Å². The van der Waals surface area contributed by atoms with Crippen molar-refractivity contribution < 1.29 is 38.4 Å². The fourth-order valence-electron chi connectivity index (χ4n) is 5.79. The Labute approximate surface area is 221 Å². The Morgan fingerprint density at radius 1 is 1.16 bits per heavy atom. The molecule has 0 amide bonds. The van der Waals surface area contributed by atoms with Crippen LogP contribution in [0.1, 0.15) is 77.6 Å². The monoisotopic (exact) mass is 522 g/mol. The van der Waals surface area contributed by atoms with E-state index in [4.69, 9.17) is 23.7 Å². The summed E-state index contributed by atoms with van der Waals surface area (Å²) in [6, 6.07) is 0. The first-order valence-electron chi connectivity index (χ1n) is 14.1. The number of unbranched alkanes of at least 4 members (excludes halogenated alkanes) is 2. The highest BCUT2D eigenvalue weighted by atomic mass is 16.7. The average Bonchev–Trinajstić information content (AvgIpc) is 3.41. The molecule has 1 N–H and O–H groups in total. The summed E-state index contributed by atoms with van der Waals surface area (Å²) in [6.45, 7) is 3.73. The molecule has 1 heterocycles. The summed E-state index contributed by atoms with van der Waals surface area (Å²) < 4.78 is 27.3. The summed E-state index contributed by atoms with van der Waals surface area (Å²) in [7, 11) is 1.42. The van der Waals surface area contributed by atoms with Gasteiger partial charge in [-0.2, -0.15) is 0 Å². The number of esters is 2. The van der Waals surface area contributed by atoms with E-state index in [-0.39, 0.29) is 36.9 Å². The first kappa shape index (κ1) is 29.8. The number of aliphatic hydroxyl groups excluding tert-OH is 1. The number of hydrogen-bond donors (Lipinski definition) is 1. The third-order valence-corrected chi connectivity index (χ3v) is 7.62. The SMILES string of the molecule is COC(=O)CCC/C=C1\C[C@H]2C[C@@H](OC(C)=O)[C@H](C=CC(O)COCCCCOC3CCCCO3)[C@@H]2C1. The van der Waals surface area contributed by atoms with Gasteiger partial charge in [0.1, 0.15) is 6.10 Å². The van der Waals surface area contributed by atoms with Crippen molar-refractivity contribution in [2.45, 2.75) is 96.1 Å². The van der Waals surface area contributed by atoms with Gasteiger partial charge in [0.2, 0.25) is 0 Å². The van der Waals surface area contributed by atoms with Crippen LogP contribution in [-0.4, -0.2) is 69.1 Å². The highest BCUT2D eigenvalue weighted by Gasteiger charge is 2.47. The minimum absolute atomic E-state index is 0.0503. The number of methoxy groups -OCH3 is 1. The van der Waals surface area contributed by atoms with Crippen LogP contribution in [-0.2, 0) is 33.3 Å². The molecule has 210 valence electrons. The van der Waals surface area contributed by atoms with Crippen molar-refractivity contribution >= 4 is 11.9 Å². The zero-order valence-corrected chi connectivity index (χ0v) is 22.6. The quantitative estimate of drug-likeness (QED) is 0.191. The lowest BCUT2D eigenvalue weighted by molar-refractivity contribution is -0.163. The molecule has 1 aliphatic heterocycles. The van der Waals surface area contributed by atoms with Gasteiger partial charge in [-0.15, -0.1) is 0 Å². The second-order valence-electron chi connectivity index (χ2n) is 10.5. The minimum atomic E-state index is -0.696. The standard InChI is InChI=1S/C29H46O8/c1-21(30)37-27-19-23-17-22(9-3-4-10-28(32)33-2)18-26(23)25(27)13-12-24(31)20-34-14-7-8-16-36-29-11-5-6-15-35-29/h9,12-13,23-27,29,31H,3-8,10-11,14-20H2,1-2H3/b13-12?,22-9+/t23-,24?,25+,26+,27+,29?/m0/s1. The largest absolute Gasteiger partial charge is 0.469 e. The molecule has 0 aromatic heterocycles. The van der Waals surface area contributed by atoms with E-state index in [1.54, 1.807) is 6.08 Å². The molecule has 2 aliphatic carbocycles. The van der Waals surface area contributed by atoms with Crippen molar-refractivity contribution in [3.05, 3.63) is 23.8 Å². The van der Waals surface area contributed by atoms with Crippen LogP contribution in [0.3, 0.4) is 0 Å².